The summed E-state index contributed by atoms with van der Waals surface area (Å²) in [5.41, 5.74) is 5.25. The molecule has 1 atom stereocenters. The molecule has 0 aliphatic rings. The number of amides is 2. The number of nitrogens with one attached hydrogen (secondary N) is 3. The molecule has 0 aliphatic heterocycles. The molecule has 2 amide bonds. The summed E-state index contributed by atoms with van der Waals surface area (Å²) in [6, 6.07) is 4.55. The van der Waals surface area contributed by atoms with E-state index in [-0.39, 0.29) is 11.8 Å². The van der Waals surface area contributed by atoms with Gasteiger partial charge in [-0.25, -0.2) is 5.43 Å². The molecule has 0 fully saturated rings. The molecule has 0 radical (unpaired) electrons. The van der Waals surface area contributed by atoms with Gasteiger partial charge in [-0.1, -0.05) is 18.1 Å². The van der Waals surface area contributed by atoms with Gasteiger partial charge >= 0.3 is 0 Å². The standard InChI is InChI=1S/C13H16N4O3S/c1-3-9(12(18)14-11-7-8(2)20-17-11)15-16-13(19)10-5-4-6-21-10/h4-7,9,15H,3H2,1-2H3,(H,16,19)(H,14,17,18)/t9-/m1/s1. The van der Waals surface area contributed by atoms with Gasteiger partial charge in [0.25, 0.3) is 5.91 Å². The Morgan fingerprint density at radius 3 is 2.86 bits per heavy atom. The van der Waals surface area contributed by atoms with Gasteiger partial charge in [0, 0.05) is 6.07 Å². The molecule has 112 valence electrons. The van der Waals surface area contributed by atoms with Crippen LogP contribution in [0.4, 0.5) is 5.82 Å². The van der Waals surface area contributed by atoms with Crippen molar-refractivity contribution in [1.29, 1.82) is 0 Å². The lowest BCUT2D eigenvalue weighted by Gasteiger charge is -2.16. The Morgan fingerprint density at radius 2 is 2.29 bits per heavy atom. The Morgan fingerprint density at radius 1 is 1.48 bits per heavy atom. The molecule has 0 saturated carbocycles. The molecule has 0 aliphatic carbocycles. The van der Waals surface area contributed by atoms with E-state index in [1.807, 2.05) is 12.3 Å². The van der Waals surface area contributed by atoms with Crippen molar-refractivity contribution in [3.63, 3.8) is 0 Å². The van der Waals surface area contributed by atoms with E-state index in [2.05, 4.69) is 21.3 Å². The average Bonchev–Trinajstić information content (AvgIpc) is 3.11. The molecule has 8 heteroatoms. The molecular formula is C13H16N4O3S. The molecule has 2 aromatic heterocycles. The summed E-state index contributed by atoms with van der Waals surface area (Å²) in [4.78, 5) is 24.4. The fourth-order valence-electron chi connectivity index (χ4n) is 1.61. The average molecular weight is 308 g/mol. The number of thiophene rings is 1. The van der Waals surface area contributed by atoms with E-state index >= 15 is 0 Å². The van der Waals surface area contributed by atoms with Crippen LogP contribution in [0.25, 0.3) is 0 Å². The second kappa shape index (κ2) is 7.00. The van der Waals surface area contributed by atoms with Crippen molar-refractivity contribution in [3.8, 4) is 0 Å². The van der Waals surface area contributed by atoms with Crippen molar-refractivity contribution >= 4 is 29.0 Å². The molecule has 0 aromatic carbocycles. The van der Waals surface area contributed by atoms with Gasteiger partial charge in [-0.05, 0) is 24.8 Å². The van der Waals surface area contributed by atoms with Crippen LogP contribution in [0.5, 0.6) is 0 Å². The lowest BCUT2D eigenvalue weighted by molar-refractivity contribution is -0.118. The normalized spacial score (nSPS) is 11.9. The van der Waals surface area contributed by atoms with E-state index in [1.54, 1.807) is 25.1 Å². The van der Waals surface area contributed by atoms with Crippen molar-refractivity contribution in [2.45, 2.75) is 26.3 Å². The molecule has 3 N–H and O–H groups in total. The van der Waals surface area contributed by atoms with Gasteiger partial charge in [0.15, 0.2) is 5.82 Å². The Balaban J connectivity index is 1.87. The molecule has 0 saturated heterocycles. The first kappa shape index (κ1) is 15.2. The minimum absolute atomic E-state index is 0.270. The van der Waals surface area contributed by atoms with Crippen molar-refractivity contribution in [3.05, 3.63) is 34.2 Å². The van der Waals surface area contributed by atoms with Crippen LogP contribution in [0.1, 0.15) is 28.8 Å². The maximum absolute atomic E-state index is 12.0. The van der Waals surface area contributed by atoms with Crippen LogP contribution in [0.15, 0.2) is 28.1 Å². The molecule has 7 nitrogen and oxygen atoms in total. The topological polar surface area (TPSA) is 96.3 Å². The summed E-state index contributed by atoms with van der Waals surface area (Å²) in [5, 5.41) is 8.12. The number of rotatable bonds is 6. The van der Waals surface area contributed by atoms with E-state index in [1.165, 1.54) is 11.3 Å². The molecule has 2 rings (SSSR count). The molecule has 21 heavy (non-hydrogen) atoms. The van der Waals surface area contributed by atoms with Crippen LogP contribution >= 0.6 is 11.3 Å². The second-order valence-corrected chi connectivity index (χ2v) is 5.30. The van der Waals surface area contributed by atoms with Crippen molar-refractivity contribution in [2.24, 2.45) is 0 Å². The predicted molar refractivity (Wildman–Crippen MR) is 78.9 cm³/mol. The zero-order chi connectivity index (χ0) is 15.2. The van der Waals surface area contributed by atoms with Gasteiger partial charge < -0.3 is 9.84 Å². The lowest BCUT2D eigenvalue weighted by atomic mass is 10.2. The Hall–Kier alpha value is -2.19. The van der Waals surface area contributed by atoms with Crippen LogP contribution < -0.4 is 16.2 Å². The van der Waals surface area contributed by atoms with Crippen LogP contribution in [0.2, 0.25) is 0 Å². The number of carbonyl (C=O) groups is 2. The predicted octanol–water partition coefficient (Wildman–Crippen LogP) is 1.70. The smallest absolute Gasteiger partial charge is 0.275 e. The molecular weight excluding hydrogens is 292 g/mol. The zero-order valence-electron chi connectivity index (χ0n) is 11.7. The number of nitrogens with zero attached hydrogens (tertiary/aromatic N) is 1. The summed E-state index contributed by atoms with van der Waals surface area (Å²) >= 11 is 1.33. The van der Waals surface area contributed by atoms with E-state index < -0.39 is 6.04 Å². The number of anilines is 1. The summed E-state index contributed by atoms with van der Waals surface area (Å²) in [5.74, 6) is 0.394. The van der Waals surface area contributed by atoms with Crippen LogP contribution in [0.3, 0.4) is 0 Å². The molecule has 2 heterocycles. The highest BCUT2D eigenvalue weighted by Crippen LogP contribution is 2.09. The monoisotopic (exact) mass is 308 g/mol. The molecule has 0 unspecified atom stereocenters. The minimum Gasteiger partial charge on any atom is -0.360 e. The van der Waals surface area contributed by atoms with Gasteiger partial charge in [-0.3, -0.25) is 15.0 Å². The van der Waals surface area contributed by atoms with E-state index in [0.717, 1.165) is 0 Å². The zero-order valence-corrected chi connectivity index (χ0v) is 12.5. The van der Waals surface area contributed by atoms with Crippen molar-refractivity contribution in [1.82, 2.24) is 16.0 Å². The van der Waals surface area contributed by atoms with Crippen molar-refractivity contribution < 1.29 is 14.1 Å². The number of hydrogen-bond acceptors (Lipinski definition) is 6. The first-order valence-corrected chi connectivity index (χ1v) is 7.31. The number of hydrogen-bond donors (Lipinski definition) is 3. The van der Waals surface area contributed by atoms with Crippen LogP contribution in [0, 0.1) is 6.92 Å². The molecule has 0 bridgehead atoms. The first-order valence-electron chi connectivity index (χ1n) is 6.43. The molecule has 2 aromatic rings. The fraction of sp³-hybridized carbons (Fsp3) is 0.308. The third kappa shape index (κ3) is 4.14. The Labute approximate surface area is 125 Å². The number of aromatic nitrogens is 1. The highest BCUT2D eigenvalue weighted by atomic mass is 32.1. The fourth-order valence-corrected chi connectivity index (χ4v) is 2.23. The SMILES string of the molecule is CC[C@@H](NNC(=O)c1cccs1)C(=O)Nc1cc(C)on1. The highest BCUT2D eigenvalue weighted by Gasteiger charge is 2.18. The van der Waals surface area contributed by atoms with E-state index in [9.17, 15) is 9.59 Å². The summed E-state index contributed by atoms with van der Waals surface area (Å²) in [6.07, 6.45) is 0.507. The summed E-state index contributed by atoms with van der Waals surface area (Å²) in [6.45, 7) is 3.57. The summed E-state index contributed by atoms with van der Waals surface area (Å²) < 4.78 is 4.87. The summed E-state index contributed by atoms with van der Waals surface area (Å²) in [7, 11) is 0. The third-order valence-corrected chi connectivity index (χ3v) is 3.58. The maximum atomic E-state index is 12.0. The van der Waals surface area contributed by atoms with E-state index in [0.29, 0.717) is 22.9 Å². The lowest BCUT2D eigenvalue weighted by Crippen LogP contribution is -2.49. The molecule has 0 spiro atoms. The van der Waals surface area contributed by atoms with Gasteiger partial charge in [0.1, 0.15) is 11.8 Å². The first-order chi connectivity index (χ1) is 10.1. The third-order valence-electron chi connectivity index (χ3n) is 2.71. The Bertz CT molecular complexity index is 609. The van der Waals surface area contributed by atoms with Crippen molar-refractivity contribution in [2.75, 3.05) is 5.32 Å². The number of carbonyl (C=O) groups excluding carboxylic acids is 2. The quantitative estimate of drug-likeness (QED) is 0.706. The largest absolute Gasteiger partial charge is 0.360 e. The highest BCUT2D eigenvalue weighted by molar-refractivity contribution is 7.12. The second-order valence-electron chi connectivity index (χ2n) is 4.35. The Kier molecular flexibility index (Phi) is 5.07. The minimum atomic E-state index is -0.564. The number of hydrazine groups is 1. The maximum Gasteiger partial charge on any atom is 0.275 e. The van der Waals surface area contributed by atoms with Gasteiger partial charge in [0.05, 0.1) is 4.88 Å². The van der Waals surface area contributed by atoms with Gasteiger partial charge in [-0.2, -0.15) is 0 Å². The number of aryl methyl sites for hydroxylation is 1. The van der Waals surface area contributed by atoms with Gasteiger partial charge in [0.2, 0.25) is 5.91 Å². The van der Waals surface area contributed by atoms with Crippen LogP contribution in [-0.4, -0.2) is 23.0 Å². The van der Waals surface area contributed by atoms with E-state index in [4.69, 9.17) is 4.52 Å². The van der Waals surface area contributed by atoms with Crippen LogP contribution in [-0.2, 0) is 4.79 Å². The van der Waals surface area contributed by atoms with Gasteiger partial charge in [-0.15, -0.1) is 11.3 Å².